The number of aryl methyl sites for hydroxylation is 2. The van der Waals surface area contributed by atoms with Crippen LogP contribution >= 0.6 is 23.1 Å². The molecule has 4 aromatic rings. The lowest BCUT2D eigenvalue weighted by Crippen LogP contribution is -2.31. The lowest BCUT2D eigenvalue weighted by atomic mass is 10.1. The van der Waals surface area contributed by atoms with Crippen molar-refractivity contribution in [3.05, 3.63) is 101 Å². The van der Waals surface area contributed by atoms with Crippen LogP contribution in [-0.4, -0.2) is 26.8 Å². The Hall–Kier alpha value is -3.16. The first kappa shape index (κ1) is 23.0. The molecule has 168 valence electrons. The molecular formula is C26H26N4OS2. The molecule has 7 heteroatoms. The van der Waals surface area contributed by atoms with Gasteiger partial charge in [-0.15, -0.1) is 10.2 Å². The van der Waals surface area contributed by atoms with Crippen LogP contribution in [0.25, 0.3) is 0 Å². The Kier molecular flexibility index (Phi) is 7.75. The van der Waals surface area contributed by atoms with Crippen LogP contribution in [0.3, 0.4) is 0 Å². The molecular weight excluding hydrogens is 448 g/mol. The number of carbonyl (C=O) groups excluding carboxylic acids is 1. The van der Waals surface area contributed by atoms with E-state index in [0.717, 1.165) is 26.3 Å². The predicted molar refractivity (Wildman–Crippen MR) is 137 cm³/mol. The Balaban J connectivity index is 1.39. The van der Waals surface area contributed by atoms with Crippen LogP contribution in [0.2, 0.25) is 0 Å². The van der Waals surface area contributed by atoms with E-state index in [1.807, 2.05) is 71.6 Å². The third kappa shape index (κ3) is 6.66. The molecule has 0 bridgehead atoms. The summed E-state index contributed by atoms with van der Waals surface area (Å²) in [6.07, 6.45) is 0. The van der Waals surface area contributed by atoms with E-state index >= 15 is 0 Å². The summed E-state index contributed by atoms with van der Waals surface area (Å²) in [5, 5.41) is 12.5. The first-order valence-electron chi connectivity index (χ1n) is 10.7. The molecule has 0 saturated carbocycles. The molecule has 1 amide bonds. The topological polar surface area (TPSA) is 58.1 Å². The Morgan fingerprint density at radius 2 is 1.52 bits per heavy atom. The van der Waals surface area contributed by atoms with Gasteiger partial charge in [-0.05, 0) is 48.2 Å². The maximum absolute atomic E-state index is 13.1. The minimum atomic E-state index is 0.0755. The summed E-state index contributed by atoms with van der Waals surface area (Å²) < 4.78 is 0.772. The van der Waals surface area contributed by atoms with Gasteiger partial charge in [0.25, 0.3) is 0 Å². The standard InChI is InChI=1S/C26H26N4OS2/c1-19-13-14-23(15-20(19)2)27-25-28-29-26(33-25)32-18-24(31)30(16-21-9-5-3-6-10-21)17-22-11-7-4-8-12-22/h3-15H,16-18H2,1-2H3,(H,27,28). The molecule has 0 unspecified atom stereocenters. The van der Waals surface area contributed by atoms with Crippen molar-refractivity contribution in [3.8, 4) is 0 Å². The Morgan fingerprint density at radius 1 is 0.879 bits per heavy atom. The molecule has 4 rings (SSSR count). The minimum Gasteiger partial charge on any atom is -0.333 e. The second kappa shape index (κ2) is 11.1. The zero-order valence-corrected chi connectivity index (χ0v) is 20.3. The average molecular weight is 475 g/mol. The molecule has 3 aromatic carbocycles. The smallest absolute Gasteiger partial charge is 0.233 e. The summed E-state index contributed by atoms with van der Waals surface area (Å²) in [6.45, 7) is 5.33. The molecule has 0 aliphatic heterocycles. The number of anilines is 2. The Morgan fingerprint density at radius 3 is 2.12 bits per heavy atom. The highest BCUT2D eigenvalue weighted by Crippen LogP contribution is 2.28. The van der Waals surface area contributed by atoms with Crippen molar-refractivity contribution in [1.82, 2.24) is 15.1 Å². The normalized spacial score (nSPS) is 10.7. The van der Waals surface area contributed by atoms with E-state index in [4.69, 9.17) is 0 Å². The molecule has 5 nitrogen and oxygen atoms in total. The number of nitrogens with zero attached hydrogens (tertiary/aromatic N) is 3. The first-order valence-corrected chi connectivity index (χ1v) is 12.5. The van der Waals surface area contributed by atoms with Gasteiger partial charge in [0.05, 0.1) is 5.75 Å². The number of aromatic nitrogens is 2. The van der Waals surface area contributed by atoms with Crippen molar-refractivity contribution in [2.45, 2.75) is 31.3 Å². The fraction of sp³-hybridized carbons (Fsp3) is 0.192. The number of benzene rings is 3. The van der Waals surface area contributed by atoms with Crippen molar-refractivity contribution in [2.24, 2.45) is 0 Å². The molecule has 33 heavy (non-hydrogen) atoms. The van der Waals surface area contributed by atoms with Gasteiger partial charge in [0.1, 0.15) is 0 Å². The Labute approximate surface area is 202 Å². The van der Waals surface area contributed by atoms with E-state index in [-0.39, 0.29) is 5.91 Å². The molecule has 0 fully saturated rings. The fourth-order valence-corrected chi connectivity index (χ4v) is 4.99. The summed E-state index contributed by atoms with van der Waals surface area (Å²) in [7, 11) is 0. The molecule has 0 radical (unpaired) electrons. The van der Waals surface area contributed by atoms with Gasteiger partial charge in [-0.1, -0.05) is 89.8 Å². The summed E-state index contributed by atoms with van der Waals surface area (Å²) in [4.78, 5) is 15.0. The molecule has 0 spiro atoms. The van der Waals surface area contributed by atoms with Crippen molar-refractivity contribution >= 4 is 39.8 Å². The summed E-state index contributed by atoms with van der Waals surface area (Å²) in [6, 6.07) is 26.4. The number of thioether (sulfide) groups is 1. The maximum atomic E-state index is 13.1. The van der Waals surface area contributed by atoms with Crippen molar-refractivity contribution in [3.63, 3.8) is 0 Å². The number of nitrogens with one attached hydrogen (secondary N) is 1. The van der Waals surface area contributed by atoms with Crippen molar-refractivity contribution in [1.29, 1.82) is 0 Å². The molecule has 0 aliphatic rings. The van der Waals surface area contributed by atoms with Crippen LogP contribution < -0.4 is 5.32 Å². The highest BCUT2D eigenvalue weighted by atomic mass is 32.2. The first-order chi connectivity index (χ1) is 16.1. The van der Waals surface area contributed by atoms with Crippen LogP contribution in [-0.2, 0) is 17.9 Å². The van der Waals surface area contributed by atoms with E-state index in [1.54, 1.807) is 0 Å². The number of hydrogen-bond donors (Lipinski definition) is 1. The number of amides is 1. The van der Waals surface area contributed by atoms with Gasteiger partial charge in [-0.2, -0.15) is 0 Å². The minimum absolute atomic E-state index is 0.0755. The van der Waals surface area contributed by atoms with Crippen LogP contribution in [0, 0.1) is 13.8 Å². The van der Waals surface area contributed by atoms with E-state index in [0.29, 0.717) is 18.8 Å². The van der Waals surface area contributed by atoms with Crippen LogP contribution in [0.1, 0.15) is 22.3 Å². The molecule has 0 aliphatic carbocycles. The molecule has 0 atom stereocenters. The van der Waals surface area contributed by atoms with E-state index in [1.165, 1.54) is 34.2 Å². The third-order valence-electron chi connectivity index (χ3n) is 5.27. The number of rotatable bonds is 9. The quantitative estimate of drug-likeness (QED) is 0.292. The number of hydrogen-bond acceptors (Lipinski definition) is 6. The summed E-state index contributed by atoms with van der Waals surface area (Å²) in [5.41, 5.74) is 5.69. The van der Waals surface area contributed by atoms with Gasteiger partial charge >= 0.3 is 0 Å². The van der Waals surface area contributed by atoms with Crippen LogP contribution in [0.5, 0.6) is 0 Å². The van der Waals surface area contributed by atoms with Gasteiger partial charge in [0, 0.05) is 18.8 Å². The largest absolute Gasteiger partial charge is 0.333 e. The van der Waals surface area contributed by atoms with Crippen LogP contribution in [0.15, 0.2) is 83.2 Å². The van der Waals surface area contributed by atoms with E-state index in [2.05, 4.69) is 41.5 Å². The second-order valence-electron chi connectivity index (χ2n) is 7.81. The highest BCUT2D eigenvalue weighted by Gasteiger charge is 2.16. The second-order valence-corrected chi connectivity index (χ2v) is 10.0. The van der Waals surface area contributed by atoms with Gasteiger partial charge in [0.2, 0.25) is 11.0 Å². The average Bonchev–Trinajstić information content (AvgIpc) is 3.28. The summed E-state index contributed by atoms with van der Waals surface area (Å²) in [5.74, 6) is 0.393. The monoisotopic (exact) mass is 474 g/mol. The van der Waals surface area contributed by atoms with Gasteiger partial charge in [-0.25, -0.2) is 0 Å². The van der Waals surface area contributed by atoms with Gasteiger partial charge < -0.3 is 10.2 Å². The van der Waals surface area contributed by atoms with E-state index < -0.39 is 0 Å². The molecule has 1 N–H and O–H groups in total. The lowest BCUT2D eigenvalue weighted by molar-refractivity contribution is -0.129. The van der Waals surface area contributed by atoms with Crippen molar-refractivity contribution in [2.75, 3.05) is 11.1 Å². The zero-order chi connectivity index (χ0) is 23.0. The van der Waals surface area contributed by atoms with Gasteiger partial charge in [-0.3, -0.25) is 4.79 Å². The predicted octanol–water partition coefficient (Wildman–Crippen LogP) is 6.22. The lowest BCUT2D eigenvalue weighted by Gasteiger charge is -2.23. The van der Waals surface area contributed by atoms with E-state index in [9.17, 15) is 4.79 Å². The van der Waals surface area contributed by atoms with Gasteiger partial charge in [0.15, 0.2) is 4.34 Å². The maximum Gasteiger partial charge on any atom is 0.233 e. The molecule has 1 aromatic heterocycles. The molecule has 0 saturated heterocycles. The highest BCUT2D eigenvalue weighted by molar-refractivity contribution is 8.01. The number of carbonyl (C=O) groups is 1. The molecule has 1 heterocycles. The third-order valence-corrected chi connectivity index (χ3v) is 7.23. The summed E-state index contributed by atoms with van der Waals surface area (Å²) >= 11 is 2.89. The SMILES string of the molecule is Cc1ccc(Nc2nnc(SCC(=O)N(Cc3ccccc3)Cc3ccccc3)s2)cc1C. The Bertz CT molecular complexity index is 1150. The fourth-order valence-electron chi connectivity index (χ4n) is 3.32. The van der Waals surface area contributed by atoms with Crippen LogP contribution in [0.4, 0.5) is 10.8 Å². The van der Waals surface area contributed by atoms with Crippen molar-refractivity contribution < 1.29 is 4.79 Å². The zero-order valence-electron chi connectivity index (χ0n) is 18.7.